The van der Waals surface area contributed by atoms with Crippen molar-refractivity contribution in [3.8, 4) is 0 Å². The summed E-state index contributed by atoms with van der Waals surface area (Å²) in [5, 5.41) is 7.69. The fourth-order valence-electron chi connectivity index (χ4n) is 3.05. The number of anilines is 1. The summed E-state index contributed by atoms with van der Waals surface area (Å²) in [4.78, 5) is 21.9. The van der Waals surface area contributed by atoms with Gasteiger partial charge in [0.15, 0.2) is 0 Å². The summed E-state index contributed by atoms with van der Waals surface area (Å²) >= 11 is 1.25. The van der Waals surface area contributed by atoms with Gasteiger partial charge in [-0.05, 0) is 100 Å². The first-order valence-electron chi connectivity index (χ1n) is 9.40. The number of amides is 1. The van der Waals surface area contributed by atoms with Gasteiger partial charge in [-0.15, -0.1) is 0 Å². The molecule has 1 aromatic carbocycles. The summed E-state index contributed by atoms with van der Waals surface area (Å²) in [5.74, 6) is -0.0741. The van der Waals surface area contributed by atoms with Gasteiger partial charge < -0.3 is 15.1 Å². The lowest BCUT2D eigenvalue weighted by Gasteiger charge is -2.13. The van der Waals surface area contributed by atoms with E-state index in [0.29, 0.717) is 0 Å². The van der Waals surface area contributed by atoms with Crippen molar-refractivity contribution in [2.24, 2.45) is 10.1 Å². The van der Waals surface area contributed by atoms with E-state index in [4.69, 9.17) is 9.93 Å². The predicted molar refractivity (Wildman–Crippen MR) is 126 cm³/mol. The SMILES string of the molecule is C=NC.C=O.CC(C)=C(C)F.CSN.O=CNc1c2c(cc3c1CCC3)CCC2. The Kier molecular flexibility index (Phi) is 18.2. The Hall–Kier alpha value is -1.99. The monoisotopic (exact) mass is 425 g/mol. The summed E-state index contributed by atoms with van der Waals surface area (Å²) in [5.41, 5.74) is 7.66. The molecule has 0 saturated heterocycles. The minimum absolute atomic E-state index is 0.0741. The molecular formula is C22H36FN3O2S. The molecule has 0 aromatic heterocycles. The van der Waals surface area contributed by atoms with Gasteiger partial charge in [-0.25, -0.2) is 4.39 Å². The standard InChI is InChI=1S/C13H15NO.C5H9F.C2H5N.CH5NS.CH2O/c15-8-14-13-11-5-1-3-9(11)7-10-4-2-6-12(10)13;1-4(2)5(3)6;2*1-3-2;1-2/h7-8H,1-6H2,(H,14,15);1-3H3;1H2,2H3;2H2,1H3;1H2. The van der Waals surface area contributed by atoms with Gasteiger partial charge in [0.25, 0.3) is 0 Å². The van der Waals surface area contributed by atoms with E-state index in [9.17, 15) is 9.18 Å². The normalized spacial score (nSPS) is 11.8. The van der Waals surface area contributed by atoms with Crippen molar-refractivity contribution in [3.05, 3.63) is 39.7 Å². The summed E-state index contributed by atoms with van der Waals surface area (Å²) in [6.45, 7) is 10.1. The quantitative estimate of drug-likeness (QED) is 0.403. The zero-order valence-electron chi connectivity index (χ0n) is 18.4. The number of aliphatic imine (C=N–C) groups is 1. The van der Waals surface area contributed by atoms with Gasteiger partial charge >= 0.3 is 0 Å². The molecule has 1 aromatic rings. The van der Waals surface area contributed by atoms with E-state index in [2.05, 4.69) is 23.1 Å². The summed E-state index contributed by atoms with van der Waals surface area (Å²) in [6.07, 6.45) is 9.79. The summed E-state index contributed by atoms with van der Waals surface area (Å²) < 4.78 is 11.7. The van der Waals surface area contributed by atoms with Gasteiger partial charge in [0.2, 0.25) is 6.41 Å². The number of hydrogen-bond donors (Lipinski definition) is 2. The smallest absolute Gasteiger partial charge is 0.211 e. The molecule has 29 heavy (non-hydrogen) atoms. The second kappa shape index (κ2) is 18.1. The topological polar surface area (TPSA) is 84.6 Å². The van der Waals surface area contributed by atoms with Crippen molar-refractivity contribution in [2.75, 3.05) is 18.6 Å². The average Bonchev–Trinajstić information content (AvgIpc) is 3.34. The molecule has 0 fully saturated rings. The number of aryl methyl sites for hydroxylation is 2. The number of nitrogens with two attached hydrogens (primary N) is 1. The van der Waals surface area contributed by atoms with Crippen LogP contribution in [0.3, 0.4) is 0 Å². The lowest BCUT2D eigenvalue weighted by atomic mass is 9.99. The van der Waals surface area contributed by atoms with Crippen LogP contribution >= 0.6 is 11.9 Å². The van der Waals surface area contributed by atoms with E-state index >= 15 is 0 Å². The van der Waals surface area contributed by atoms with E-state index in [1.807, 2.05) is 13.0 Å². The van der Waals surface area contributed by atoms with E-state index in [-0.39, 0.29) is 5.83 Å². The maximum absolute atomic E-state index is 11.7. The molecule has 3 N–H and O–H groups in total. The fourth-order valence-corrected chi connectivity index (χ4v) is 3.05. The van der Waals surface area contributed by atoms with Gasteiger partial charge in [-0.1, -0.05) is 18.0 Å². The molecule has 2 aliphatic carbocycles. The third-order valence-corrected chi connectivity index (χ3v) is 4.37. The Morgan fingerprint density at radius 1 is 1.14 bits per heavy atom. The number of halogens is 1. The molecule has 0 bridgehead atoms. The maximum Gasteiger partial charge on any atom is 0.211 e. The predicted octanol–water partition coefficient (Wildman–Crippen LogP) is 4.86. The molecule has 5 nitrogen and oxygen atoms in total. The highest BCUT2D eigenvalue weighted by atomic mass is 32.2. The maximum atomic E-state index is 11.7. The van der Waals surface area contributed by atoms with Crippen LogP contribution in [0.5, 0.6) is 0 Å². The lowest BCUT2D eigenvalue weighted by molar-refractivity contribution is -0.105. The van der Waals surface area contributed by atoms with Crippen molar-refractivity contribution in [1.29, 1.82) is 0 Å². The molecule has 0 heterocycles. The van der Waals surface area contributed by atoms with Crippen LogP contribution in [0.25, 0.3) is 0 Å². The van der Waals surface area contributed by atoms with Crippen LogP contribution in [0.15, 0.2) is 22.5 Å². The first-order chi connectivity index (χ1) is 13.9. The van der Waals surface area contributed by atoms with Crippen LogP contribution in [0, 0.1) is 0 Å². The van der Waals surface area contributed by atoms with Crippen molar-refractivity contribution >= 4 is 37.6 Å². The number of benzene rings is 1. The van der Waals surface area contributed by atoms with E-state index < -0.39 is 0 Å². The molecule has 7 heteroatoms. The molecule has 164 valence electrons. The van der Waals surface area contributed by atoms with Crippen LogP contribution in [-0.2, 0) is 35.3 Å². The Labute approximate surface area is 179 Å². The lowest BCUT2D eigenvalue weighted by Crippen LogP contribution is -2.03. The second-order valence-corrected chi connectivity index (χ2v) is 7.05. The average molecular weight is 426 g/mol. The fraction of sp³-hybridized carbons (Fsp3) is 0.500. The van der Waals surface area contributed by atoms with Crippen LogP contribution in [0.2, 0.25) is 0 Å². The van der Waals surface area contributed by atoms with Crippen molar-refractivity contribution in [1.82, 2.24) is 0 Å². The first kappa shape index (κ1) is 29.2. The highest BCUT2D eigenvalue weighted by Crippen LogP contribution is 2.38. The van der Waals surface area contributed by atoms with Crippen LogP contribution in [0.4, 0.5) is 10.1 Å². The van der Waals surface area contributed by atoms with Gasteiger partial charge in [0.1, 0.15) is 6.79 Å². The van der Waals surface area contributed by atoms with E-state index in [1.165, 1.54) is 66.8 Å². The van der Waals surface area contributed by atoms with Crippen molar-refractivity contribution < 1.29 is 14.0 Å². The molecule has 0 radical (unpaired) electrons. The molecular weight excluding hydrogens is 389 g/mol. The molecule has 2 aliphatic rings. The number of nitrogens with zero attached hydrogens (tertiary/aromatic N) is 1. The van der Waals surface area contributed by atoms with Crippen LogP contribution in [-0.4, -0.2) is 33.2 Å². The zero-order valence-corrected chi connectivity index (χ0v) is 19.3. The Morgan fingerprint density at radius 2 is 1.48 bits per heavy atom. The van der Waals surface area contributed by atoms with Crippen molar-refractivity contribution in [2.45, 2.75) is 59.3 Å². The number of allylic oxidation sites excluding steroid dienone is 2. The highest BCUT2D eigenvalue weighted by Gasteiger charge is 2.23. The van der Waals surface area contributed by atoms with Gasteiger partial charge in [0, 0.05) is 12.7 Å². The third-order valence-electron chi connectivity index (χ3n) is 4.37. The van der Waals surface area contributed by atoms with E-state index in [0.717, 1.165) is 30.5 Å². The molecule has 0 spiro atoms. The first-order valence-corrected chi connectivity index (χ1v) is 10.7. The number of carbonyl (C=O) groups excluding carboxylic acids is 2. The third kappa shape index (κ3) is 10.9. The molecule has 0 aliphatic heterocycles. The van der Waals surface area contributed by atoms with Gasteiger partial charge in [-0.2, -0.15) is 0 Å². The number of fused-ring (bicyclic) bond motifs is 2. The number of hydrogen-bond acceptors (Lipinski definition) is 5. The Bertz CT molecular complexity index is 614. The Balaban J connectivity index is 0. The Morgan fingerprint density at radius 3 is 1.76 bits per heavy atom. The summed E-state index contributed by atoms with van der Waals surface area (Å²) in [6, 6.07) is 2.38. The number of nitrogens with one attached hydrogen (secondary N) is 1. The van der Waals surface area contributed by atoms with Crippen molar-refractivity contribution in [3.63, 3.8) is 0 Å². The molecule has 0 unspecified atom stereocenters. The molecule has 0 saturated carbocycles. The van der Waals surface area contributed by atoms with Crippen LogP contribution in [0.1, 0.15) is 55.9 Å². The van der Waals surface area contributed by atoms with Gasteiger partial charge in [0.05, 0.1) is 5.83 Å². The van der Waals surface area contributed by atoms with Crippen LogP contribution < -0.4 is 10.5 Å². The second-order valence-electron chi connectivity index (χ2n) is 6.58. The molecule has 0 atom stereocenters. The van der Waals surface area contributed by atoms with E-state index in [1.54, 1.807) is 20.9 Å². The number of carbonyl (C=O) groups is 2. The molecule has 1 amide bonds. The molecule has 3 rings (SSSR count). The number of rotatable bonds is 2. The zero-order chi connectivity index (χ0) is 22.8. The highest BCUT2D eigenvalue weighted by molar-refractivity contribution is 7.96. The minimum atomic E-state index is -0.0741. The van der Waals surface area contributed by atoms with Gasteiger partial charge in [-0.3, -0.25) is 9.93 Å². The minimum Gasteiger partial charge on any atom is -0.328 e. The summed E-state index contributed by atoms with van der Waals surface area (Å²) in [7, 11) is 1.64. The largest absolute Gasteiger partial charge is 0.328 e.